The number of fused-ring (bicyclic) bond motifs is 3. The van der Waals surface area contributed by atoms with E-state index < -0.39 is 0 Å². The summed E-state index contributed by atoms with van der Waals surface area (Å²) in [4.78, 5) is 3.39. The van der Waals surface area contributed by atoms with Crippen molar-refractivity contribution >= 4 is 21.5 Å². The van der Waals surface area contributed by atoms with Crippen molar-refractivity contribution in [2.45, 2.75) is 0 Å². The molecule has 3 aromatic carbocycles. The molecule has 0 radical (unpaired) electrons. The lowest BCUT2D eigenvalue weighted by Crippen LogP contribution is -2.06. The number of pyridine rings is 1. The van der Waals surface area contributed by atoms with E-state index in [1.807, 2.05) is 12.3 Å². The summed E-state index contributed by atoms with van der Waals surface area (Å²) >= 11 is 0. The first kappa shape index (κ1) is 11.2. The molecule has 0 unspecified atom stereocenters. The average molecular weight is 256 g/mol. The second-order valence-electron chi connectivity index (χ2n) is 4.97. The molecular formula is C19H14N+. The molecule has 0 atom stereocenters. The van der Waals surface area contributed by atoms with E-state index in [-0.39, 0.29) is 0 Å². The Kier molecular flexibility index (Phi) is 2.49. The lowest BCUT2D eigenvalue weighted by molar-refractivity contribution is -0.362. The third-order valence-electron chi connectivity index (χ3n) is 3.78. The molecule has 0 aliphatic carbocycles. The smallest absolute Gasteiger partial charge is 0.211 e. The minimum absolute atomic E-state index is 1.17. The third kappa shape index (κ3) is 1.68. The molecule has 20 heavy (non-hydrogen) atoms. The SMILES string of the molecule is c1ccc(-c2[nH+]ccc3c2ccc2ccccc23)cc1. The number of rotatable bonds is 1. The molecule has 1 N–H and O–H groups in total. The van der Waals surface area contributed by atoms with Crippen LogP contribution in [0.3, 0.4) is 0 Å². The molecule has 0 saturated carbocycles. The first-order valence-corrected chi connectivity index (χ1v) is 6.81. The van der Waals surface area contributed by atoms with Gasteiger partial charge in [-0.25, -0.2) is 4.98 Å². The summed E-state index contributed by atoms with van der Waals surface area (Å²) in [5.74, 6) is 0. The van der Waals surface area contributed by atoms with E-state index in [2.05, 4.69) is 71.7 Å². The van der Waals surface area contributed by atoms with Crippen molar-refractivity contribution in [3.63, 3.8) is 0 Å². The van der Waals surface area contributed by atoms with Gasteiger partial charge in [-0.15, -0.1) is 0 Å². The van der Waals surface area contributed by atoms with Crippen molar-refractivity contribution in [1.82, 2.24) is 0 Å². The van der Waals surface area contributed by atoms with Crippen LogP contribution in [-0.2, 0) is 0 Å². The molecule has 0 aliphatic rings. The average Bonchev–Trinajstić information content (AvgIpc) is 2.55. The van der Waals surface area contributed by atoms with E-state index in [1.165, 1.54) is 32.8 Å². The number of H-pyrrole nitrogens is 1. The molecule has 0 spiro atoms. The number of hydrogen-bond acceptors (Lipinski definition) is 0. The van der Waals surface area contributed by atoms with E-state index in [4.69, 9.17) is 0 Å². The van der Waals surface area contributed by atoms with Gasteiger partial charge in [-0.2, -0.15) is 0 Å². The number of benzene rings is 3. The van der Waals surface area contributed by atoms with Crippen LogP contribution in [0.25, 0.3) is 32.8 Å². The van der Waals surface area contributed by atoms with Crippen LogP contribution in [0.1, 0.15) is 0 Å². The highest BCUT2D eigenvalue weighted by Gasteiger charge is 2.11. The highest BCUT2D eigenvalue weighted by Crippen LogP contribution is 2.29. The fourth-order valence-electron chi connectivity index (χ4n) is 2.82. The van der Waals surface area contributed by atoms with Crippen LogP contribution in [0.4, 0.5) is 0 Å². The maximum absolute atomic E-state index is 3.39. The van der Waals surface area contributed by atoms with Crippen LogP contribution in [0.15, 0.2) is 79.0 Å². The highest BCUT2D eigenvalue weighted by atomic mass is 14.7. The molecule has 0 saturated heterocycles. The summed E-state index contributed by atoms with van der Waals surface area (Å²) in [5, 5.41) is 5.14. The van der Waals surface area contributed by atoms with Gasteiger partial charge < -0.3 is 0 Å². The molecular weight excluding hydrogens is 242 g/mol. The zero-order chi connectivity index (χ0) is 13.4. The largest absolute Gasteiger partial charge is 0.218 e. The van der Waals surface area contributed by atoms with Crippen molar-refractivity contribution in [3.05, 3.63) is 79.0 Å². The molecule has 0 bridgehead atoms. The Balaban J connectivity index is 2.12. The van der Waals surface area contributed by atoms with E-state index in [1.54, 1.807) is 0 Å². The third-order valence-corrected chi connectivity index (χ3v) is 3.78. The lowest BCUT2D eigenvalue weighted by atomic mass is 9.99. The Morgan fingerprint density at radius 3 is 2.25 bits per heavy atom. The van der Waals surface area contributed by atoms with Crippen molar-refractivity contribution in [1.29, 1.82) is 0 Å². The highest BCUT2D eigenvalue weighted by molar-refractivity contribution is 6.10. The predicted octanol–water partition coefficient (Wildman–Crippen LogP) is 4.47. The van der Waals surface area contributed by atoms with Crippen LogP contribution in [0, 0.1) is 0 Å². The fraction of sp³-hybridized carbons (Fsp3) is 0. The van der Waals surface area contributed by atoms with Gasteiger partial charge in [0.1, 0.15) is 0 Å². The van der Waals surface area contributed by atoms with Gasteiger partial charge in [-0.05, 0) is 29.0 Å². The van der Waals surface area contributed by atoms with Gasteiger partial charge in [0.05, 0.1) is 5.39 Å². The van der Waals surface area contributed by atoms with Gasteiger partial charge in [0.15, 0.2) is 6.20 Å². The normalized spacial score (nSPS) is 11.0. The molecule has 4 aromatic rings. The second kappa shape index (κ2) is 4.46. The van der Waals surface area contributed by atoms with E-state index in [0.29, 0.717) is 0 Å². The van der Waals surface area contributed by atoms with Gasteiger partial charge in [0, 0.05) is 17.0 Å². The monoisotopic (exact) mass is 256 g/mol. The number of aromatic amines is 1. The summed E-state index contributed by atoms with van der Waals surface area (Å²) in [5.41, 5.74) is 2.39. The van der Waals surface area contributed by atoms with Crippen LogP contribution in [0.2, 0.25) is 0 Å². The minimum atomic E-state index is 1.17. The zero-order valence-electron chi connectivity index (χ0n) is 11.0. The molecule has 1 aromatic heterocycles. The van der Waals surface area contributed by atoms with Gasteiger partial charge in [-0.1, -0.05) is 48.5 Å². The number of nitrogens with one attached hydrogen (secondary N) is 1. The molecule has 1 heterocycles. The van der Waals surface area contributed by atoms with Gasteiger partial charge in [0.25, 0.3) is 0 Å². The van der Waals surface area contributed by atoms with Gasteiger partial charge in [-0.3, -0.25) is 0 Å². The quantitative estimate of drug-likeness (QED) is 0.446. The van der Waals surface area contributed by atoms with Crippen LogP contribution >= 0.6 is 0 Å². The van der Waals surface area contributed by atoms with Crippen LogP contribution in [-0.4, -0.2) is 0 Å². The first-order chi connectivity index (χ1) is 9.93. The summed E-state index contributed by atoms with van der Waals surface area (Å²) in [7, 11) is 0. The lowest BCUT2D eigenvalue weighted by Gasteiger charge is -2.04. The van der Waals surface area contributed by atoms with E-state index in [9.17, 15) is 0 Å². The summed E-state index contributed by atoms with van der Waals surface area (Å²) in [6.45, 7) is 0. The molecule has 0 fully saturated rings. The number of aromatic nitrogens is 1. The molecule has 1 heteroatoms. The van der Waals surface area contributed by atoms with Crippen molar-refractivity contribution in [3.8, 4) is 11.3 Å². The Hall–Kier alpha value is -2.67. The maximum Gasteiger partial charge on any atom is 0.218 e. The summed E-state index contributed by atoms with van der Waals surface area (Å²) in [6, 6.07) is 25.6. The summed E-state index contributed by atoms with van der Waals surface area (Å²) in [6.07, 6.45) is 2.02. The molecule has 1 nitrogen and oxygen atoms in total. The molecule has 94 valence electrons. The second-order valence-corrected chi connectivity index (χ2v) is 4.97. The predicted molar refractivity (Wildman–Crippen MR) is 83.4 cm³/mol. The molecule has 0 aliphatic heterocycles. The fourth-order valence-corrected chi connectivity index (χ4v) is 2.82. The summed E-state index contributed by atoms with van der Waals surface area (Å²) < 4.78 is 0. The Labute approximate surface area is 117 Å². The minimum Gasteiger partial charge on any atom is -0.211 e. The van der Waals surface area contributed by atoms with Crippen molar-refractivity contribution in [2.75, 3.05) is 0 Å². The molecule has 4 rings (SSSR count). The number of hydrogen-bond donors (Lipinski definition) is 0. The zero-order valence-corrected chi connectivity index (χ0v) is 11.0. The Morgan fingerprint density at radius 2 is 1.35 bits per heavy atom. The van der Waals surface area contributed by atoms with Gasteiger partial charge in [0.2, 0.25) is 5.69 Å². The van der Waals surface area contributed by atoms with Gasteiger partial charge >= 0.3 is 0 Å². The topological polar surface area (TPSA) is 14.1 Å². The maximum atomic E-state index is 3.39. The molecule has 0 amide bonds. The van der Waals surface area contributed by atoms with Crippen LogP contribution < -0.4 is 4.98 Å². The van der Waals surface area contributed by atoms with Crippen LogP contribution in [0.5, 0.6) is 0 Å². The Morgan fingerprint density at radius 1 is 0.550 bits per heavy atom. The standard InChI is InChI=1S/C19H13N/c1-2-7-15(8-3-1)19-18-11-10-14-6-4-5-9-16(14)17(18)12-13-20-19/h1-13H/p+1. The van der Waals surface area contributed by atoms with Crippen molar-refractivity contribution < 1.29 is 4.98 Å². The first-order valence-electron chi connectivity index (χ1n) is 6.81. The van der Waals surface area contributed by atoms with E-state index in [0.717, 1.165) is 0 Å². The van der Waals surface area contributed by atoms with E-state index >= 15 is 0 Å². The van der Waals surface area contributed by atoms with Crippen molar-refractivity contribution in [2.24, 2.45) is 0 Å². The Bertz CT molecular complexity index is 895.